The molecule has 0 saturated heterocycles. The first-order chi connectivity index (χ1) is 17.6. The molecule has 5 nitrogen and oxygen atoms in total. The molecule has 6 aromatic rings. The Kier molecular flexibility index (Phi) is 5.58. The molecule has 0 radical (unpaired) electrons. The summed E-state index contributed by atoms with van der Waals surface area (Å²) in [6.45, 7) is 2.17. The Bertz CT molecular complexity index is 1710. The van der Waals surface area contributed by atoms with Gasteiger partial charge in [-0.15, -0.1) is 0 Å². The van der Waals surface area contributed by atoms with Crippen LogP contribution >= 0.6 is 11.3 Å². The number of fused-ring (bicyclic) bond motifs is 3. The molecule has 0 saturated carbocycles. The molecule has 0 fully saturated rings. The van der Waals surface area contributed by atoms with E-state index in [1.807, 2.05) is 102 Å². The zero-order valence-electron chi connectivity index (χ0n) is 19.7. The molecule has 0 N–H and O–H groups in total. The van der Waals surface area contributed by atoms with Crippen LogP contribution in [0.1, 0.15) is 12.5 Å². The first-order valence-electron chi connectivity index (χ1n) is 11.9. The molecule has 0 aliphatic rings. The smallest absolute Gasteiger partial charge is 0.253 e. The fraction of sp³-hybridized carbons (Fsp3) is 0.100. The number of aromatic nitrogens is 2. The van der Waals surface area contributed by atoms with E-state index in [0.717, 1.165) is 33.4 Å². The molecule has 0 atom stereocenters. The third-order valence-corrected chi connectivity index (χ3v) is 7.52. The number of pyridine rings is 1. The van der Waals surface area contributed by atoms with Crippen LogP contribution in [0.2, 0.25) is 0 Å². The average Bonchev–Trinajstić information content (AvgIpc) is 3.35. The molecule has 0 aliphatic heterocycles. The van der Waals surface area contributed by atoms with Crippen LogP contribution in [-0.2, 0) is 17.8 Å². The quantitative estimate of drug-likeness (QED) is 0.254. The van der Waals surface area contributed by atoms with Crippen molar-refractivity contribution in [2.45, 2.75) is 19.9 Å². The highest BCUT2D eigenvalue weighted by atomic mass is 32.1. The van der Waals surface area contributed by atoms with Gasteiger partial charge in [0.2, 0.25) is 0 Å². The predicted molar refractivity (Wildman–Crippen MR) is 148 cm³/mol. The summed E-state index contributed by atoms with van der Waals surface area (Å²) in [6, 6.07) is 30.9. The van der Waals surface area contributed by atoms with E-state index in [4.69, 9.17) is 4.98 Å². The minimum Gasteiger partial charge on any atom is -0.331 e. The standard InChI is InChI=1S/C30H23N3O2S/c1-2-20-15-17-21(18-16-20)33(30-31-24-11-5-8-14-27(24)36-30)28(34)19-32-25-12-6-3-9-22(25)29(35)23-10-4-7-13-26(23)32/h3-18H,2,19H2,1H3. The number of anilines is 2. The molecule has 2 aromatic heterocycles. The number of hydrogen-bond acceptors (Lipinski definition) is 4. The van der Waals surface area contributed by atoms with Gasteiger partial charge in [-0.1, -0.05) is 66.8 Å². The highest BCUT2D eigenvalue weighted by molar-refractivity contribution is 7.22. The van der Waals surface area contributed by atoms with Crippen LogP contribution in [0.5, 0.6) is 0 Å². The Balaban J connectivity index is 1.52. The molecule has 36 heavy (non-hydrogen) atoms. The number of nitrogens with zero attached hydrogens (tertiary/aromatic N) is 3. The lowest BCUT2D eigenvalue weighted by Gasteiger charge is -2.22. The van der Waals surface area contributed by atoms with Crippen molar-refractivity contribution >= 4 is 60.1 Å². The summed E-state index contributed by atoms with van der Waals surface area (Å²) in [4.78, 5) is 33.8. The first kappa shape index (κ1) is 22.2. The van der Waals surface area contributed by atoms with Crippen LogP contribution < -0.4 is 10.3 Å². The molecule has 0 unspecified atom stereocenters. The third-order valence-electron chi connectivity index (χ3n) is 6.50. The van der Waals surface area contributed by atoms with Crippen molar-refractivity contribution in [1.82, 2.24) is 9.55 Å². The molecule has 4 aromatic carbocycles. The lowest BCUT2D eigenvalue weighted by atomic mass is 10.1. The number of para-hydroxylation sites is 3. The number of hydrogen-bond donors (Lipinski definition) is 0. The molecule has 0 aliphatic carbocycles. The van der Waals surface area contributed by atoms with E-state index in [9.17, 15) is 9.59 Å². The lowest BCUT2D eigenvalue weighted by Crippen LogP contribution is -2.30. The number of carbonyl (C=O) groups is 1. The van der Waals surface area contributed by atoms with E-state index >= 15 is 0 Å². The Labute approximate surface area is 211 Å². The fourth-order valence-corrected chi connectivity index (χ4v) is 5.65. The van der Waals surface area contributed by atoms with E-state index in [-0.39, 0.29) is 17.9 Å². The number of carbonyl (C=O) groups excluding carboxylic acids is 1. The van der Waals surface area contributed by atoms with Gasteiger partial charge in [-0.25, -0.2) is 4.98 Å². The van der Waals surface area contributed by atoms with Gasteiger partial charge in [-0.2, -0.15) is 0 Å². The predicted octanol–water partition coefficient (Wildman–Crippen LogP) is 6.69. The molecule has 0 bridgehead atoms. The fourth-order valence-electron chi connectivity index (χ4n) is 4.65. The highest BCUT2D eigenvalue weighted by Crippen LogP contribution is 2.34. The molecule has 0 spiro atoms. The van der Waals surface area contributed by atoms with Crippen LogP contribution in [0.15, 0.2) is 102 Å². The molecular weight excluding hydrogens is 466 g/mol. The number of aryl methyl sites for hydroxylation is 1. The second kappa shape index (κ2) is 9.06. The average molecular weight is 490 g/mol. The summed E-state index contributed by atoms with van der Waals surface area (Å²) in [5, 5.41) is 1.82. The zero-order valence-corrected chi connectivity index (χ0v) is 20.5. The maximum atomic E-state index is 14.1. The maximum Gasteiger partial charge on any atom is 0.253 e. The number of rotatable bonds is 5. The molecule has 1 amide bonds. The summed E-state index contributed by atoms with van der Waals surface area (Å²) < 4.78 is 2.96. The van der Waals surface area contributed by atoms with E-state index < -0.39 is 0 Å². The van der Waals surface area contributed by atoms with Crippen LogP contribution in [0.3, 0.4) is 0 Å². The van der Waals surface area contributed by atoms with Crippen LogP contribution in [0, 0.1) is 0 Å². The molecule has 176 valence electrons. The van der Waals surface area contributed by atoms with Crippen LogP contribution in [0.25, 0.3) is 32.0 Å². The van der Waals surface area contributed by atoms with Gasteiger partial charge < -0.3 is 4.57 Å². The Hall–Kier alpha value is -4.29. The number of amides is 1. The normalized spacial score (nSPS) is 11.4. The van der Waals surface area contributed by atoms with Crippen molar-refractivity contribution in [2.24, 2.45) is 0 Å². The van der Waals surface area contributed by atoms with Crippen molar-refractivity contribution in [1.29, 1.82) is 0 Å². The molecule has 6 rings (SSSR count). The molecule has 6 heteroatoms. The van der Waals surface area contributed by atoms with Gasteiger partial charge in [0.05, 0.1) is 26.9 Å². The van der Waals surface area contributed by atoms with Crippen molar-refractivity contribution in [3.63, 3.8) is 0 Å². The van der Waals surface area contributed by atoms with Gasteiger partial charge in [0.25, 0.3) is 5.91 Å². The minimum absolute atomic E-state index is 0.0249. The van der Waals surface area contributed by atoms with Gasteiger partial charge in [-0.05, 0) is 60.5 Å². The second-order valence-electron chi connectivity index (χ2n) is 8.66. The van der Waals surface area contributed by atoms with Crippen molar-refractivity contribution in [3.8, 4) is 0 Å². The Morgan fingerprint density at radius 1 is 0.833 bits per heavy atom. The van der Waals surface area contributed by atoms with E-state index in [0.29, 0.717) is 15.9 Å². The lowest BCUT2D eigenvalue weighted by molar-refractivity contribution is -0.118. The summed E-state index contributed by atoms with van der Waals surface area (Å²) in [5.41, 5.74) is 4.28. The third kappa shape index (κ3) is 3.76. The van der Waals surface area contributed by atoms with Crippen molar-refractivity contribution in [2.75, 3.05) is 4.90 Å². The van der Waals surface area contributed by atoms with E-state index in [1.54, 1.807) is 4.90 Å². The molecular formula is C30H23N3O2S. The van der Waals surface area contributed by atoms with Gasteiger partial charge >= 0.3 is 0 Å². The Morgan fingerprint density at radius 3 is 2.08 bits per heavy atom. The van der Waals surface area contributed by atoms with Crippen LogP contribution in [0.4, 0.5) is 10.8 Å². The SMILES string of the molecule is CCc1ccc(N(C(=O)Cn2c3ccccc3c(=O)c3ccccc32)c2nc3ccccc3s2)cc1. The van der Waals surface area contributed by atoms with Gasteiger partial charge in [-0.3, -0.25) is 14.5 Å². The monoisotopic (exact) mass is 489 g/mol. The number of thiazole rings is 1. The summed E-state index contributed by atoms with van der Waals surface area (Å²) >= 11 is 1.49. The summed E-state index contributed by atoms with van der Waals surface area (Å²) in [6.07, 6.45) is 0.921. The largest absolute Gasteiger partial charge is 0.331 e. The first-order valence-corrected chi connectivity index (χ1v) is 12.7. The topological polar surface area (TPSA) is 55.2 Å². The minimum atomic E-state index is -0.128. The second-order valence-corrected chi connectivity index (χ2v) is 9.67. The summed E-state index contributed by atoms with van der Waals surface area (Å²) in [7, 11) is 0. The highest BCUT2D eigenvalue weighted by Gasteiger charge is 2.23. The Morgan fingerprint density at radius 2 is 1.44 bits per heavy atom. The van der Waals surface area contributed by atoms with Crippen LogP contribution in [-0.4, -0.2) is 15.5 Å². The zero-order chi connectivity index (χ0) is 24.6. The number of benzene rings is 4. The molecule has 2 heterocycles. The van der Waals surface area contributed by atoms with E-state index in [2.05, 4.69) is 6.92 Å². The van der Waals surface area contributed by atoms with Crippen molar-refractivity contribution < 1.29 is 4.79 Å². The van der Waals surface area contributed by atoms with Gasteiger partial charge in [0.15, 0.2) is 10.6 Å². The van der Waals surface area contributed by atoms with Gasteiger partial charge in [0, 0.05) is 10.8 Å². The van der Waals surface area contributed by atoms with E-state index in [1.165, 1.54) is 16.9 Å². The summed E-state index contributed by atoms with van der Waals surface area (Å²) in [5.74, 6) is -0.128. The van der Waals surface area contributed by atoms with Gasteiger partial charge in [0.1, 0.15) is 6.54 Å². The van der Waals surface area contributed by atoms with Crippen molar-refractivity contribution in [3.05, 3.63) is 113 Å². The maximum absolute atomic E-state index is 14.1.